The van der Waals surface area contributed by atoms with E-state index in [4.69, 9.17) is 4.74 Å². The number of H-pyrrole nitrogens is 1. The first-order chi connectivity index (χ1) is 21.6. The van der Waals surface area contributed by atoms with Gasteiger partial charge in [-0.2, -0.15) is 0 Å². The summed E-state index contributed by atoms with van der Waals surface area (Å²) in [4.78, 5) is 30.9. The van der Waals surface area contributed by atoms with Gasteiger partial charge in [-0.15, -0.1) is 0 Å². The number of anilines is 1. The van der Waals surface area contributed by atoms with E-state index in [9.17, 15) is 9.59 Å². The van der Waals surface area contributed by atoms with Crippen LogP contribution < -0.4 is 5.32 Å². The lowest BCUT2D eigenvalue weighted by Gasteiger charge is -2.00. The minimum Gasteiger partial charge on any atom is -0.466 e. The van der Waals surface area contributed by atoms with Gasteiger partial charge in [0.1, 0.15) is 0 Å². The second-order valence-electron chi connectivity index (χ2n) is 11.4. The lowest BCUT2D eigenvalue weighted by Crippen LogP contribution is -2.08. The molecule has 6 atom stereocenters. The van der Waals surface area contributed by atoms with Crippen LogP contribution in [-0.4, -0.2) is 28.5 Å². The maximum atomic E-state index is 12.2. The van der Waals surface area contributed by atoms with E-state index in [0.717, 1.165) is 5.69 Å². The molecule has 0 bridgehead atoms. The number of imidazole rings is 1. The number of aromatic nitrogens is 2. The molecular formula is C38H37N3O3. The second-order valence-corrected chi connectivity index (χ2v) is 11.4. The molecule has 4 aromatic carbocycles. The molecule has 44 heavy (non-hydrogen) atoms. The number of nitrogens with zero attached hydrogens (tertiary/aromatic N) is 1. The first kappa shape index (κ1) is 29.1. The second kappa shape index (κ2) is 13.1. The molecule has 1 amide bonds. The molecule has 1 heterocycles. The molecule has 1 aromatic heterocycles. The van der Waals surface area contributed by atoms with Crippen molar-refractivity contribution >= 4 is 17.8 Å². The van der Waals surface area contributed by atoms with Gasteiger partial charge >= 0.3 is 5.97 Å². The van der Waals surface area contributed by atoms with E-state index < -0.39 is 0 Å². The van der Waals surface area contributed by atoms with Gasteiger partial charge in [-0.25, -0.2) is 4.98 Å². The molecule has 6 heteroatoms. The van der Waals surface area contributed by atoms with E-state index in [2.05, 4.69) is 88.1 Å². The van der Waals surface area contributed by atoms with Crippen LogP contribution in [0, 0.1) is 5.92 Å². The first-order valence-corrected chi connectivity index (χ1v) is 15.3. The number of hydrogen-bond donors (Lipinski definition) is 2. The van der Waals surface area contributed by atoms with Crippen molar-refractivity contribution in [3.63, 3.8) is 0 Å². The van der Waals surface area contributed by atoms with Crippen molar-refractivity contribution in [2.24, 2.45) is 5.92 Å². The van der Waals surface area contributed by atoms with E-state index in [1.807, 2.05) is 61.7 Å². The third kappa shape index (κ3) is 6.35. The third-order valence-electron chi connectivity index (χ3n) is 8.59. The molecule has 0 radical (unpaired) electrons. The molecule has 222 valence electrons. The van der Waals surface area contributed by atoms with Crippen LogP contribution in [0.3, 0.4) is 0 Å². The van der Waals surface area contributed by atoms with Crippen LogP contribution in [0.15, 0.2) is 128 Å². The number of nitrogens with one attached hydrogen (secondary N) is 2. The molecule has 0 saturated heterocycles. The normalized spacial score (nSPS) is 23.0. The van der Waals surface area contributed by atoms with Crippen LogP contribution in [0.1, 0.15) is 71.4 Å². The van der Waals surface area contributed by atoms with E-state index in [1.54, 1.807) is 0 Å². The van der Waals surface area contributed by atoms with Crippen molar-refractivity contribution in [2.75, 3.05) is 11.9 Å². The molecular weight excluding hydrogens is 546 g/mol. The summed E-state index contributed by atoms with van der Waals surface area (Å²) < 4.78 is 5.23. The Morgan fingerprint density at radius 2 is 1.07 bits per heavy atom. The highest BCUT2D eigenvalue weighted by Gasteiger charge is 2.57. The van der Waals surface area contributed by atoms with Crippen molar-refractivity contribution in [1.82, 2.24) is 9.97 Å². The van der Waals surface area contributed by atoms with Gasteiger partial charge in [0.2, 0.25) is 11.9 Å². The molecule has 2 unspecified atom stereocenters. The highest BCUT2D eigenvalue weighted by Crippen LogP contribution is 2.65. The zero-order chi connectivity index (χ0) is 30.5. The summed E-state index contributed by atoms with van der Waals surface area (Å²) in [5.41, 5.74) is 6.19. The lowest BCUT2D eigenvalue weighted by molar-refractivity contribution is -0.144. The zero-order valence-corrected chi connectivity index (χ0v) is 25.0. The van der Waals surface area contributed by atoms with Gasteiger partial charge in [0.05, 0.1) is 18.7 Å². The van der Waals surface area contributed by atoms with Gasteiger partial charge in [-0.3, -0.25) is 14.9 Å². The molecule has 2 aliphatic rings. The van der Waals surface area contributed by atoms with E-state index in [1.165, 1.54) is 29.2 Å². The Bertz CT molecular complexity index is 1580. The van der Waals surface area contributed by atoms with E-state index in [-0.39, 0.29) is 29.6 Å². The molecule has 2 fully saturated rings. The number of carbonyl (C=O) groups is 2. The molecule has 2 saturated carbocycles. The maximum absolute atomic E-state index is 12.2. The van der Waals surface area contributed by atoms with Crippen molar-refractivity contribution in [3.05, 3.63) is 155 Å². The monoisotopic (exact) mass is 583 g/mol. The molecule has 7 rings (SSSR count). The Kier molecular flexibility index (Phi) is 8.69. The third-order valence-corrected chi connectivity index (χ3v) is 8.59. The van der Waals surface area contributed by atoms with Crippen molar-refractivity contribution in [1.29, 1.82) is 0 Å². The topological polar surface area (TPSA) is 84.1 Å². The van der Waals surface area contributed by atoms with Gasteiger partial charge in [0.25, 0.3) is 0 Å². The number of ether oxygens (including phenoxy) is 1. The van der Waals surface area contributed by atoms with E-state index in [0.29, 0.717) is 30.3 Å². The standard InChI is InChI=1S/C20H19N3O.C18H18O2/c1-13(24)22-20-21-12-16(23-20)19-17(14-8-4-2-5-9-14)18(19)15-10-6-3-7-11-15;1-2-20-18(19)17-15(13-9-5-3-6-10-13)16(17)14-11-7-4-8-12-14/h2-12,17-19H,1H3,(H2,21,22,23,24);3-12,15-17H,2H2,1H3/t17-,18+,19?;15-,16+,17?. The molecule has 5 aromatic rings. The van der Waals surface area contributed by atoms with Crippen LogP contribution >= 0.6 is 0 Å². The van der Waals surface area contributed by atoms with Crippen LogP contribution in [-0.2, 0) is 14.3 Å². The summed E-state index contributed by atoms with van der Waals surface area (Å²) in [7, 11) is 0. The number of esters is 1. The van der Waals surface area contributed by atoms with Crippen molar-refractivity contribution in [2.45, 2.75) is 43.4 Å². The minimum atomic E-state index is -0.120. The van der Waals surface area contributed by atoms with Gasteiger partial charge in [-0.1, -0.05) is 121 Å². The SMILES string of the molecule is CC(=O)Nc1ncc(C2[C@@H](c3ccccc3)[C@H]2c2ccccc2)[nH]1.CCOC(=O)C1[C@@H](c2ccccc2)[C@H]1c1ccccc1. The van der Waals surface area contributed by atoms with Gasteiger partial charge in [0.15, 0.2) is 0 Å². The number of amides is 1. The Morgan fingerprint density at radius 3 is 1.45 bits per heavy atom. The highest BCUT2D eigenvalue weighted by molar-refractivity contribution is 5.86. The fourth-order valence-corrected chi connectivity index (χ4v) is 6.64. The highest BCUT2D eigenvalue weighted by atomic mass is 16.5. The maximum Gasteiger partial charge on any atom is 0.310 e. The smallest absolute Gasteiger partial charge is 0.310 e. The minimum absolute atomic E-state index is 0.0419. The fourth-order valence-electron chi connectivity index (χ4n) is 6.64. The van der Waals surface area contributed by atoms with E-state index >= 15 is 0 Å². The van der Waals surface area contributed by atoms with Crippen LogP contribution in [0.5, 0.6) is 0 Å². The number of benzene rings is 4. The summed E-state index contributed by atoms with van der Waals surface area (Å²) in [6.45, 7) is 3.78. The Labute approximate surface area is 258 Å². The average Bonchev–Trinajstić information content (AvgIpc) is 3.95. The fraction of sp³-hybridized carbons (Fsp3) is 0.237. The number of hydrogen-bond acceptors (Lipinski definition) is 4. The predicted octanol–water partition coefficient (Wildman–Crippen LogP) is 7.78. The number of rotatable bonds is 8. The van der Waals surface area contributed by atoms with Crippen molar-refractivity contribution in [3.8, 4) is 0 Å². The largest absolute Gasteiger partial charge is 0.466 e. The zero-order valence-electron chi connectivity index (χ0n) is 25.0. The summed E-state index contributed by atoms with van der Waals surface area (Å²) in [5, 5.41) is 2.71. The molecule has 0 spiro atoms. The van der Waals surface area contributed by atoms with Gasteiger partial charge in [-0.05, 0) is 29.2 Å². The quantitative estimate of drug-likeness (QED) is 0.183. The predicted molar refractivity (Wildman–Crippen MR) is 172 cm³/mol. The van der Waals surface area contributed by atoms with Gasteiger partial charge < -0.3 is 9.72 Å². The summed E-state index contributed by atoms with van der Waals surface area (Å²) in [6.07, 6.45) is 1.84. The Balaban J connectivity index is 0.000000159. The summed E-state index contributed by atoms with van der Waals surface area (Å²) in [6, 6.07) is 41.7. The molecule has 2 N–H and O–H groups in total. The molecule has 2 aliphatic carbocycles. The van der Waals surface area contributed by atoms with Gasteiger partial charge in [0, 0.05) is 42.2 Å². The first-order valence-electron chi connectivity index (χ1n) is 15.3. The Morgan fingerprint density at radius 1 is 0.659 bits per heavy atom. The summed E-state index contributed by atoms with van der Waals surface area (Å²) >= 11 is 0. The Hall–Kier alpha value is -4.97. The van der Waals surface area contributed by atoms with Crippen LogP contribution in [0.2, 0.25) is 0 Å². The number of carbonyl (C=O) groups excluding carboxylic acids is 2. The summed E-state index contributed by atoms with van der Waals surface area (Å²) in [5.74, 6) is 1.99. The number of aromatic amines is 1. The van der Waals surface area contributed by atoms with Crippen LogP contribution in [0.25, 0.3) is 0 Å². The van der Waals surface area contributed by atoms with Crippen LogP contribution in [0.4, 0.5) is 5.95 Å². The molecule has 6 nitrogen and oxygen atoms in total. The van der Waals surface area contributed by atoms with Crippen molar-refractivity contribution < 1.29 is 14.3 Å². The lowest BCUT2D eigenvalue weighted by atomic mass is 10.0. The average molecular weight is 584 g/mol. The molecule has 0 aliphatic heterocycles.